The third-order valence-corrected chi connectivity index (χ3v) is 8.40. The van der Waals surface area contributed by atoms with Crippen LogP contribution in [-0.4, -0.2) is 92.8 Å². The fourth-order valence-corrected chi connectivity index (χ4v) is 5.51. The first kappa shape index (κ1) is 26.9. The van der Waals surface area contributed by atoms with E-state index in [0.29, 0.717) is 31.7 Å². The number of Topliss-reactive ketones (excluding diaryl/α,β-unsaturated/α-hetero) is 1. The van der Waals surface area contributed by atoms with Crippen LogP contribution in [0.2, 0.25) is 0 Å². The third-order valence-electron chi connectivity index (χ3n) is 6.59. The molecule has 198 valence electrons. The predicted molar refractivity (Wildman–Crippen MR) is 135 cm³/mol. The number of aliphatic hydroxyl groups is 1. The topological polar surface area (TPSA) is 107 Å². The molecule has 11 heteroatoms. The molecule has 1 atom stereocenters. The fourth-order valence-electron chi connectivity index (χ4n) is 4.56. The highest BCUT2D eigenvalue weighted by Crippen LogP contribution is 2.39. The van der Waals surface area contributed by atoms with Crippen LogP contribution in [0.15, 0.2) is 59.0 Å². The number of benzene rings is 2. The van der Waals surface area contributed by atoms with E-state index in [1.54, 1.807) is 0 Å². The van der Waals surface area contributed by atoms with Gasteiger partial charge in [0.2, 0.25) is 10.0 Å². The molecular formula is C26H30FN3O6S. The van der Waals surface area contributed by atoms with Gasteiger partial charge in [0, 0.05) is 45.8 Å². The Morgan fingerprint density at radius 3 is 2.41 bits per heavy atom. The Morgan fingerprint density at radius 2 is 1.76 bits per heavy atom. The van der Waals surface area contributed by atoms with Crippen LogP contribution in [0.5, 0.6) is 0 Å². The minimum atomic E-state index is -3.80. The zero-order valence-electron chi connectivity index (χ0n) is 20.8. The van der Waals surface area contributed by atoms with Gasteiger partial charge in [-0.05, 0) is 36.2 Å². The number of hydrogen-bond donors (Lipinski definition) is 1. The monoisotopic (exact) mass is 531 g/mol. The molecule has 2 aliphatic heterocycles. The Morgan fingerprint density at radius 1 is 1.08 bits per heavy atom. The largest absolute Gasteiger partial charge is 0.507 e. The van der Waals surface area contributed by atoms with E-state index in [1.165, 1.54) is 67.5 Å². The summed E-state index contributed by atoms with van der Waals surface area (Å²) in [6, 6.07) is 10.0. The van der Waals surface area contributed by atoms with Crippen LogP contribution in [0, 0.1) is 5.82 Å². The summed E-state index contributed by atoms with van der Waals surface area (Å²) in [6.07, 6.45) is 0.585. The Labute approximate surface area is 215 Å². The number of sulfonamides is 1. The number of morpholine rings is 1. The highest BCUT2D eigenvalue weighted by molar-refractivity contribution is 7.89. The molecule has 0 saturated carbocycles. The van der Waals surface area contributed by atoms with Crippen LogP contribution in [0.4, 0.5) is 4.39 Å². The molecule has 9 nitrogen and oxygen atoms in total. The van der Waals surface area contributed by atoms with Gasteiger partial charge in [-0.1, -0.05) is 24.3 Å². The van der Waals surface area contributed by atoms with Gasteiger partial charge >= 0.3 is 0 Å². The molecule has 2 aromatic rings. The number of ether oxygens (including phenoxy) is 1. The molecule has 1 amide bonds. The predicted octanol–water partition coefficient (Wildman–Crippen LogP) is 2.22. The van der Waals surface area contributed by atoms with E-state index in [4.69, 9.17) is 4.74 Å². The van der Waals surface area contributed by atoms with Crippen molar-refractivity contribution in [2.75, 3.05) is 53.5 Å². The molecule has 0 spiro atoms. The van der Waals surface area contributed by atoms with Crippen molar-refractivity contribution in [3.8, 4) is 0 Å². The van der Waals surface area contributed by atoms with Crippen molar-refractivity contribution < 1.29 is 32.2 Å². The summed E-state index contributed by atoms with van der Waals surface area (Å²) in [5.74, 6) is -2.61. The van der Waals surface area contributed by atoms with Crippen molar-refractivity contribution in [1.29, 1.82) is 0 Å². The molecule has 2 aliphatic rings. The van der Waals surface area contributed by atoms with Gasteiger partial charge in [-0.2, -0.15) is 0 Å². The molecule has 4 rings (SSSR count). The van der Waals surface area contributed by atoms with Gasteiger partial charge in [-0.3, -0.25) is 14.5 Å². The van der Waals surface area contributed by atoms with Gasteiger partial charge in [-0.25, -0.2) is 17.1 Å². The number of halogens is 1. The van der Waals surface area contributed by atoms with Gasteiger partial charge in [0.1, 0.15) is 11.6 Å². The summed E-state index contributed by atoms with van der Waals surface area (Å²) >= 11 is 0. The lowest BCUT2D eigenvalue weighted by atomic mass is 9.95. The first-order valence-corrected chi connectivity index (χ1v) is 13.4. The summed E-state index contributed by atoms with van der Waals surface area (Å²) < 4.78 is 45.3. The summed E-state index contributed by atoms with van der Waals surface area (Å²) in [6.45, 7) is 3.80. The fraction of sp³-hybridized carbons (Fsp3) is 0.385. The Bertz CT molecular complexity index is 1300. The van der Waals surface area contributed by atoms with E-state index in [2.05, 4.69) is 4.90 Å². The quantitative estimate of drug-likeness (QED) is 0.316. The van der Waals surface area contributed by atoms with E-state index in [9.17, 15) is 27.5 Å². The maximum absolute atomic E-state index is 13.7. The number of nitrogens with zero attached hydrogens (tertiary/aromatic N) is 3. The van der Waals surface area contributed by atoms with Crippen LogP contribution in [-0.2, 0) is 24.3 Å². The lowest BCUT2D eigenvalue weighted by Crippen LogP contribution is -2.38. The average Bonchev–Trinajstić information content (AvgIpc) is 3.14. The first-order chi connectivity index (χ1) is 17.6. The number of ketones is 1. The molecular weight excluding hydrogens is 501 g/mol. The zero-order chi connectivity index (χ0) is 26.7. The highest BCUT2D eigenvalue weighted by atomic mass is 32.2. The van der Waals surface area contributed by atoms with E-state index < -0.39 is 39.3 Å². The summed E-state index contributed by atoms with van der Waals surface area (Å²) in [5, 5.41) is 11.2. The first-order valence-electron chi connectivity index (χ1n) is 12.0. The maximum atomic E-state index is 13.7. The van der Waals surface area contributed by atoms with Gasteiger partial charge in [-0.15, -0.1) is 0 Å². The van der Waals surface area contributed by atoms with Gasteiger partial charge < -0.3 is 14.7 Å². The zero-order valence-corrected chi connectivity index (χ0v) is 21.6. The second-order valence-electron chi connectivity index (χ2n) is 9.17. The van der Waals surface area contributed by atoms with E-state index in [0.717, 1.165) is 17.4 Å². The number of rotatable bonds is 8. The van der Waals surface area contributed by atoms with Crippen LogP contribution in [0.1, 0.15) is 23.6 Å². The third kappa shape index (κ3) is 5.59. The van der Waals surface area contributed by atoms with Crippen molar-refractivity contribution in [3.05, 3.63) is 71.0 Å². The van der Waals surface area contributed by atoms with Crippen molar-refractivity contribution in [3.63, 3.8) is 0 Å². The Hall–Kier alpha value is -3.12. The van der Waals surface area contributed by atoms with Crippen molar-refractivity contribution in [2.24, 2.45) is 0 Å². The van der Waals surface area contributed by atoms with Crippen molar-refractivity contribution in [2.45, 2.75) is 17.4 Å². The number of carbonyl (C=O) groups is 2. The minimum Gasteiger partial charge on any atom is -0.507 e. The molecule has 0 bridgehead atoms. The van der Waals surface area contributed by atoms with Crippen LogP contribution < -0.4 is 0 Å². The number of amides is 1. The molecule has 2 fully saturated rings. The summed E-state index contributed by atoms with van der Waals surface area (Å²) in [5.41, 5.74) is 0.384. The molecule has 2 aromatic carbocycles. The molecule has 2 saturated heterocycles. The number of likely N-dealkylation sites (tertiary alicyclic amines) is 1. The van der Waals surface area contributed by atoms with Crippen molar-refractivity contribution >= 4 is 27.5 Å². The van der Waals surface area contributed by atoms with Crippen molar-refractivity contribution in [1.82, 2.24) is 14.1 Å². The molecule has 2 heterocycles. The van der Waals surface area contributed by atoms with Crippen LogP contribution in [0.25, 0.3) is 5.76 Å². The standard InChI is InChI=1S/C26H30FN3O6S/c1-28(2)37(34,35)21-6-3-5-19(17-21)24(31)22-23(18-7-9-20(27)10-8-18)30(26(33)25(22)32)12-4-11-29-13-15-36-16-14-29/h3,5-10,17,23,31H,4,11-16H2,1-2H3/b24-22+. The molecule has 1 unspecified atom stereocenters. The average molecular weight is 532 g/mol. The SMILES string of the molecule is CN(C)S(=O)(=O)c1cccc(/C(O)=C2\C(=O)C(=O)N(CCCN3CCOCC3)C2c2ccc(F)cc2)c1. The Balaban J connectivity index is 1.72. The normalized spacial score (nSPS) is 20.6. The number of carbonyl (C=O) groups excluding carboxylic acids is 2. The molecule has 0 aliphatic carbocycles. The molecule has 1 N–H and O–H groups in total. The number of hydrogen-bond acceptors (Lipinski definition) is 7. The lowest BCUT2D eigenvalue weighted by Gasteiger charge is -2.29. The summed E-state index contributed by atoms with van der Waals surface area (Å²) in [7, 11) is -1.03. The number of aliphatic hydroxyl groups excluding tert-OH is 1. The second-order valence-corrected chi connectivity index (χ2v) is 11.3. The van der Waals surface area contributed by atoms with E-state index in [1.807, 2.05) is 0 Å². The Kier molecular flexibility index (Phi) is 8.08. The van der Waals surface area contributed by atoms with Crippen LogP contribution >= 0.6 is 0 Å². The van der Waals surface area contributed by atoms with Gasteiger partial charge in [0.05, 0.1) is 29.7 Å². The molecule has 37 heavy (non-hydrogen) atoms. The molecule has 0 aromatic heterocycles. The molecule has 0 radical (unpaired) electrons. The van der Waals surface area contributed by atoms with E-state index in [-0.39, 0.29) is 22.6 Å². The minimum absolute atomic E-state index is 0.0698. The highest BCUT2D eigenvalue weighted by Gasteiger charge is 2.46. The second kappa shape index (κ2) is 11.1. The lowest BCUT2D eigenvalue weighted by molar-refractivity contribution is -0.140. The van der Waals surface area contributed by atoms with Gasteiger partial charge in [0.15, 0.2) is 0 Å². The van der Waals surface area contributed by atoms with E-state index >= 15 is 0 Å². The summed E-state index contributed by atoms with van der Waals surface area (Å²) in [4.78, 5) is 29.9. The van der Waals surface area contributed by atoms with Gasteiger partial charge in [0.25, 0.3) is 11.7 Å². The smallest absolute Gasteiger partial charge is 0.295 e. The maximum Gasteiger partial charge on any atom is 0.295 e. The van der Waals surface area contributed by atoms with Crippen LogP contribution in [0.3, 0.4) is 0 Å².